The Hall–Kier alpha value is -0.540. The molecule has 2 nitrogen and oxygen atoms in total. The molecule has 0 bridgehead atoms. The molecule has 1 aliphatic carbocycles. The molecule has 0 saturated heterocycles. The Kier molecular flexibility index (Phi) is 4.90. The average molecular weight is 370 g/mol. The van der Waals surface area contributed by atoms with Gasteiger partial charge in [-0.25, -0.2) is 4.98 Å². The minimum atomic E-state index is 0.631. The van der Waals surface area contributed by atoms with Crippen molar-refractivity contribution in [1.29, 1.82) is 0 Å². The zero-order valence-corrected chi connectivity index (χ0v) is 14.8. The first-order chi connectivity index (χ1) is 10.2. The molecule has 1 heterocycles. The van der Waals surface area contributed by atoms with Gasteiger partial charge < -0.3 is 4.57 Å². The lowest BCUT2D eigenvalue weighted by atomic mass is 9.83. The fourth-order valence-electron chi connectivity index (χ4n) is 3.40. The smallest absolute Gasteiger partial charge is 0.111 e. The van der Waals surface area contributed by atoms with Crippen LogP contribution in [0.25, 0.3) is 11.0 Å². The summed E-state index contributed by atoms with van der Waals surface area (Å²) in [6.45, 7) is 3.47. The summed E-state index contributed by atoms with van der Waals surface area (Å²) in [5.74, 6) is 3.46. The van der Waals surface area contributed by atoms with Crippen LogP contribution in [0.4, 0.5) is 0 Å². The number of benzene rings is 1. The van der Waals surface area contributed by atoms with Crippen LogP contribution in [0.15, 0.2) is 22.7 Å². The van der Waals surface area contributed by atoms with Gasteiger partial charge in [0.1, 0.15) is 5.82 Å². The van der Waals surface area contributed by atoms with E-state index < -0.39 is 0 Å². The SMILES string of the molecule is CC1CCC(Cn2c(CCCl)nc3cc(Br)ccc32)CC1. The van der Waals surface area contributed by atoms with Crippen LogP contribution in [0.1, 0.15) is 38.4 Å². The molecule has 2 aromatic rings. The van der Waals surface area contributed by atoms with Crippen LogP contribution in [-0.2, 0) is 13.0 Å². The second-order valence-corrected chi connectivity index (χ2v) is 7.63. The third kappa shape index (κ3) is 3.45. The number of alkyl halides is 1. The van der Waals surface area contributed by atoms with Gasteiger partial charge in [0, 0.05) is 23.3 Å². The topological polar surface area (TPSA) is 17.8 Å². The molecule has 1 aromatic heterocycles. The standard InChI is InChI=1S/C17H22BrClN2/c1-12-2-4-13(5-3-12)11-21-16-7-6-14(18)10-15(16)20-17(21)8-9-19/h6-7,10,12-13H,2-5,8-9,11H2,1H3. The highest BCUT2D eigenvalue weighted by Gasteiger charge is 2.21. The van der Waals surface area contributed by atoms with E-state index >= 15 is 0 Å². The van der Waals surface area contributed by atoms with Crippen LogP contribution >= 0.6 is 27.5 Å². The second-order valence-electron chi connectivity index (χ2n) is 6.34. The summed E-state index contributed by atoms with van der Waals surface area (Å²) < 4.78 is 3.49. The van der Waals surface area contributed by atoms with Crippen molar-refractivity contribution < 1.29 is 0 Å². The lowest BCUT2D eigenvalue weighted by Crippen LogP contribution is -2.19. The van der Waals surface area contributed by atoms with Gasteiger partial charge in [0.25, 0.3) is 0 Å². The van der Waals surface area contributed by atoms with E-state index in [0.717, 1.165) is 40.6 Å². The molecule has 0 N–H and O–H groups in total. The normalized spacial score (nSPS) is 22.8. The van der Waals surface area contributed by atoms with E-state index in [0.29, 0.717) is 5.88 Å². The fourth-order valence-corrected chi connectivity index (χ4v) is 3.92. The first kappa shape index (κ1) is 15.4. The number of halogens is 2. The van der Waals surface area contributed by atoms with Crippen LogP contribution in [0.2, 0.25) is 0 Å². The van der Waals surface area contributed by atoms with Crippen molar-refractivity contribution in [2.45, 2.75) is 45.6 Å². The Labute approximate surface area is 140 Å². The molecule has 0 atom stereocenters. The van der Waals surface area contributed by atoms with Gasteiger partial charge in [0.05, 0.1) is 11.0 Å². The summed E-state index contributed by atoms with van der Waals surface area (Å²) in [6.07, 6.45) is 6.27. The Balaban J connectivity index is 1.89. The Morgan fingerprint density at radius 3 is 2.76 bits per heavy atom. The Bertz CT molecular complexity index is 615. The van der Waals surface area contributed by atoms with E-state index in [1.807, 2.05) is 0 Å². The minimum Gasteiger partial charge on any atom is -0.328 e. The second kappa shape index (κ2) is 6.70. The zero-order valence-electron chi connectivity index (χ0n) is 12.5. The van der Waals surface area contributed by atoms with Crippen molar-refractivity contribution in [2.75, 3.05) is 5.88 Å². The Morgan fingerprint density at radius 2 is 2.05 bits per heavy atom. The van der Waals surface area contributed by atoms with Gasteiger partial charge in [-0.05, 0) is 42.9 Å². The third-order valence-corrected chi connectivity index (χ3v) is 5.37. The maximum Gasteiger partial charge on any atom is 0.111 e. The van der Waals surface area contributed by atoms with Gasteiger partial charge in [0.15, 0.2) is 0 Å². The molecule has 4 heteroatoms. The highest BCUT2D eigenvalue weighted by molar-refractivity contribution is 9.10. The van der Waals surface area contributed by atoms with Gasteiger partial charge in [-0.3, -0.25) is 0 Å². The molecule has 1 saturated carbocycles. The first-order valence-corrected chi connectivity index (χ1v) is 9.20. The number of rotatable bonds is 4. The van der Waals surface area contributed by atoms with Gasteiger partial charge in [-0.15, -0.1) is 11.6 Å². The lowest BCUT2D eigenvalue weighted by molar-refractivity contribution is 0.265. The number of fused-ring (bicyclic) bond motifs is 1. The number of aryl methyl sites for hydroxylation is 1. The van der Waals surface area contributed by atoms with Gasteiger partial charge in [-0.1, -0.05) is 35.7 Å². The minimum absolute atomic E-state index is 0.631. The van der Waals surface area contributed by atoms with Crippen LogP contribution < -0.4 is 0 Å². The van der Waals surface area contributed by atoms with Crippen LogP contribution in [0, 0.1) is 11.8 Å². The highest BCUT2D eigenvalue weighted by Crippen LogP contribution is 2.31. The molecule has 114 valence electrons. The molecule has 21 heavy (non-hydrogen) atoms. The fraction of sp³-hybridized carbons (Fsp3) is 0.588. The lowest BCUT2D eigenvalue weighted by Gasteiger charge is -2.27. The molecular formula is C17H22BrClN2. The molecule has 0 spiro atoms. The molecule has 1 aliphatic rings. The van der Waals surface area contributed by atoms with Gasteiger partial charge >= 0.3 is 0 Å². The molecule has 0 unspecified atom stereocenters. The monoisotopic (exact) mass is 368 g/mol. The van der Waals surface area contributed by atoms with Crippen molar-refractivity contribution in [3.63, 3.8) is 0 Å². The number of hydrogen-bond donors (Lipinski definition) is 0. The Morgan fingerprint density at radius 1 is 1.29 bits per heavy atom. The summed E-state index contributed by atoms with van der Waals surface area (Å²) in [6, 6.07) is 6.38. The number of nitrogens with zero attached hydrogens (tertiary/aromatic N) is 2. The summed E-state index contributed by atoms with van der Waals surface area (Å²) in [5, 5.41) is 0. The number of aromatic nitrogens is 2. The summed E-state index contributed by atoms with van der Waals surface area (Å²) in [4.78, 5) is 4.79. The van der Waals surface area contributed by atoms with E-state index in [1.165, 1.54) is 31.2 Å². The molecule has 0 amide bonds. The predicted octanol–water partition coefficient (Wildman–Crippen LogP) is 5.41. The summed E-state index contributed by atoms with van der Waals surface area (Å²) in [7, 11) is 0. The van der Waals surface area contributed by atoms with Crippen LogP contribution in [-0.4, -0.2) is 15.4 Å². The predicted molar refractivity (Wildman–Crippen MR) is 93.0 cm³/mol. The molecule has 1 fully saturated rings. The quantitative estimate of drug-likeness (QED) is 0.659. The summed E-state index contributed by atoms with van der Waals surface area (Å²) >= 11 is 9.50. The van der Waals surface area contributed by atoms with Crippen molar-refractivity contribution in [1.82, 2.24) is 9.55 Å². The molecule has 0 radical (unpaired) electrons. The van der Waals surface area contributed by atoms with Gasteiger partial charge in [-0.2, -0.15) is 0 Å². The van der Waals surface area contributed by atoms with E-state index in [-0.39, 0.29) is 0 Å². The highest BCUT2D eigenvalue weighted by atomic mass is 79.9. The van der Waals surface area contributed by atoms with Crippen molar-refractivity contribution in [3.05, 3.63) is 28.5 Å². The van der Waals surface area contributed by atoms with E-state index in [2.05, 4.69) is 45.6 Å². The first-order valence-electron chi connectivity index (χ1n) is 7.88. The van der Waals surface area contributed by atoms with Crippen molar-refractivity contribution in [2.24, 2.45) is 11.8 Å². The van der Waals surface area contributed by atoms with E-state index in [9.17, 15) is 0 Å². The third-order valence-electron chi connectivity index (χ3n) is 4.68. The molecule has 1 aromatic carbocycles. The number of imidazole rings is 1. The van der Waals surface area contributed by atoms with Crippen LogP contribution in [0.5, 0.6) is 0 Å². The zero-order chi connectivity index (χ0) is 14.8. The molecular weight excluding hydrogens is 348 g/mol. The van der Waals surface area contributed by atoms with Gasteiger partial charge in [0.2, 0.25) is 0 Å². The maximum absolute atomic E-state index is 5.97. The maximum atomic E-state index is 5.97. The van der Waals surface area contributed by atoms with E-state index in [1.54, 1.807) is 0 Å². The largest absolute Gasteiger partial charge is 0.328 e. The van der Waals surface area contributed by atoms with E-state index in [4.69, 9.17) is 16.6 Å². The molecule has 3 rings (SSSR count). The summed E-state index contributed by atoms with van der Waals surface area (Å²) in [5.41, 5.74) is 2.32. The molecule has 0 aliphatic heterocycles. The average Bonchev–Trinajstić information content (AvgIpc) is 2.79. The van der Waals surface area contributed by atoms with Crippen molar-refractivity contribution in [3.8, 4) is 0 Å². The van der Waals surface area contributed by atoms with Crippen molar-refractivity contribution >= 4 is 38.6 Å². The van der Waals surface area contributed by atoms with Crippen LogP contribution in [0.3, 0.4) is 0 Å². The number of hydrogen-bond acceptors (Lipinski definition) is 1.